The molecule has 2 aliphatic heterocycles. The zero-order valence-electron chi connectivity index (χ0n) is 20.1. The number of carbonyl (C=O) groups is 1. The van der Waals surface area contributed by atoms with Gasteiger partial charge in [0.2, 0.25) is 0 Å². The molecule has 1 N–H and O–H groups in total. The van der Waals surface area contributed by atoms with Crippen LogP contribution in [0.4, 0.5) is 0 Å². The third kappa shape index (κ3) is 6.47. The normalized spacial score (nSPS) is 20.0. The zero-order chi connectivity index (χ0) is 25.4. The number of hydrogen-bond donors (Lipinski definition) is 1. The maximum Gasteiger partial charge on any atom is 0.265 e. The van der Waals surface area contributed by atoms with Crippen LogP contribution in [0.2, 0.25) is 0 Å². The fourth-order valence-corrected chi connectivity index (χ4v) is 6.82. The standard InChI is InChI=1S/C26H32BrNO7S/c27-21-7-3-5-20(19-21)6-4-16-33-22-9-11-23(12-10-22)36(30,31)26(13-17-32-18-14-26)25(29)28-35-24-8-1-2-15-34-24/h3,5,7,9-12,19,24H,1-2,4,6,8,13-18H2,(H,28,29). The van der Waals surface area contributed by atoms with Crippen molar-refractivity contribution in [3.8, 4) is 5.75 Å². The molecule has 2 aromatic rings. The zero-order valence-corrected chi connectivity index (χ0v) is 22.5. The second-order valence-electron chi connectivity index (χ2n) is 9.01. The van der Waals surface area contributed by atoms with E-state index in [1.807, 2.05) is 12.1 Å². The number of hydrogen-bond acceptors (Lipinski definition) is 7. The van der Waals surface area contributed by atoms with E-state index in [1.54, 1.807) is 12.1 Å². The second kappa shape index (κ2) is 12.5. The highest BCUT2D eigenvalue weighted by atomic mass is 79.9. The summed E-state index contributed by atoms with van der Waals surface area (Å²) in [7, 11) is -4.03. The van der Waals surface area contributed by atoms with E-state index in [-0.39, 0.29) is 31.0 Å². The van der Waals surface area contributed by atoms with E-state index in [0.717, 1.165) is 30.2 Å². The van der Waals surface area contributed by atoms with Crippen LogP contribution >= 0.6 is 15.9 Å². The molecule has 196 valence electrons. The third-order valence-corrected chi connectivity index (χ3v) is 9.56. The van der Waals surface area contributed by atoms with Gasteiger partial charge in [-0.25, -0.2) is 18.7 Å². The maximum atomic E-state index is 13.7. The first-order valence-electron chi connectivity index (χ1n) is 12.3. The fourth-order valence-electron chi connectivity index (χ4n) is 4.43. The van der Waals surface area contributed by atoms with Gasteiger partial charge in [0, 0.05) is 30.7 Å². The minimum absolute atomic E-state index is 0.0455. The number of aryl methyl sites for hydroxylation is 1. The number of nitrogens with one attached hydrogen (secondary N) is 1. The number of amides is 1. The van der Waals surface area contributed by atoms with Crippen molar-refractivity contribution in [2.24, 2.45) is 0 Å². The fraction of sp³-hybridized carbons (Fsp3) is 0.500. The first kappa shape index (κ1) is 27.1. The van der Waals surface area contributed by atoms with Crippen LogP contribution in [-0.4, -0.2) is 51.8 Å². The lowest BCUT2D eigenvalue weighted by Gasteiger charge is -2.35. The molecule has 0 radical (unpaired) electrons. The number of carbonyl (C=O) groups excluding carboxylic acids is 1. The third-order valence-electron chi connectivity index (χ3n) is 6.55. The smallest absolute Gasteiger partial charge is 0.265 e. The summed E-state index contributed by atoms with van der Waals surface area (Å²) >= 11 is 3.47. The number of sulfone groups is 1. The van der Waals surface area contributed by atoms with Gasteiger partial charge in [0.05, 0.1) is 11.5 Å². The van der Waals surface area contributed by atoms with Gasteiger partial charge in [0.15, 0.2) is 20.9 Å². The van der Waals surface area contributed by atoms with E-state index in [4.69, 9.17) is 19.0 Å². The van der Waals surface area contributed by atoms with E-state index in [9.17, 15) is 13.2 Å². The summed E-state index contributed by atoms with van der Waals surface area (Å²) in [6.07, 6.45) is 3.73. The van der Waals surface area contributed by atoms with Gasteiger partial charge in [-0.3, -0.25) is 4.79 Å². The van der Waals surface area contributed by atoms with Crippen LogP contribution in [0.5, 0.6) is 5.75 Å². The summed E-state index contributed by atoms with van der Waals surface area (Å²) in [4.78, 5) is 18.7. The molecule has 0 spiro atoms. The van der Waals surface area contributed by atoms with E-state index in [1.165, 1.54) is 17.7 Å². The van der Waals surface area contributed by atoms with Crippen molar-refractivity contribution in [3.05, 3.63) is 58.6 Å². The Labute approximate surface area is 220 Å². The van der Waals surface area contributed by atoms with Crippen LogP contribution in [0.25, 0.3) is 0 Å². The van der Waals surface area contributed by atoms with Gasteiger partial charge in [-0.05, 0) is 80.5 Å². The lowest BCUT2D eigenvalue weighted by Crippen LogP contribution is -2.56. The molecule has 0 saturated carbocycles. The molecule has 10 heteroatoms. The average molecular weight is 583 g/mol. The molecule has 2 heterocycles. The Morgan fingerprint density at radius 1 is 1.08 bits per heavy atom. The molecule has 0 bridgehead atoms. The largest absolute Gasteiger partial charge is 0.494 e. The Balaban J connectivity index is 1.38. The Kier molecular flexibility index (Phi) is 9.41. The number of hydroxylamine groups is 1. The summed E-state index contributed by atoms with van der Waals surface area (Å²) in [6, 6.07) is 14.4. The highest BCUT2D eigenvalue weighted by Crippen LogP contribution is 2.36. The van der Waals surface area contributed by atoms with Crippen LogP contribution in [0.3, 0.4) is 0 Å². The van der Waals surface area contributed by atoms with Crippen LogP contribution in [0.1, 0.15) is 44.1 Å². The summed E-state index contributed by atoms with van der Waals surface area (Å²) in [5.41, 5.74) is 3.59. The van der Waals surface area contributed by atoms with Crippen molar-refractivity contribution in [2.45, 2.75) is 60.9 Å². The number of benzene rings is 2. The van der Waals surface area contributed by atoms with Crippen molar-refractivity contribution >= 4 is 31.7 Å². The molecule has 2 saturated heterocycles. The Morgan fingerprint density at radius 2 is 1.86 bits per heavy atom. The van der Waals surface area contributed by atoms with Crippen LogP contribution < -0.4 is 10.2 Å². The van der Waals surface area contributed by atoms with E-state index in [2.05, 4.69) is 33.5 Å². The molecule has 1 amide bonds. The summed E-state index contributed by atoms with van der Waals surface area (Å²) in [5, 5.41) is 0. The Morgan fingerprint density at radius 3 is 2.56 bits per heavy atom. The summed E-state index contributed by atoms with van der Waals surface area (Å²) < 4.78 is 43.5. The summed E-state index contributed by atoms with van der Waals surface area (Å²) in [5.74, 6) is -0.112. The number of ether oxygens (including phenoxy) is 3. The van der Waals surface area contributed by atoms with Crippen molar-refractivity contribution in [1.82, 2.24) is 5.48 Å². The molecular formula is C26H32BrNO7S. The molecule has 2 fully saturated rings. The van der Waals surface area contributed by atoms with E-state index >= 15 is 0 Å². The van der Waals surface area contributed by atoms with Gasteiger partial charge in [-0.2, -0.15) is 0 Å². The SMILES string of the molecule is O=C(NOC1CCCCO1)C1(S(=O)(=O)c2ccc(OCCCc3cccc(Br)c3)cc2)CCOCC1. The molecule has 4 rings (SSSR count). The molecule has 2 aliphatic rings. The predicted molar refractivity (Wildman–Crippen MR) is 137 cm³/mol. The van der Waals surface area contributed by atoms with E-state index in [0.29, 0.717) is 25.4 Å². The molecular weight excluding hydrogens is 550 g/mol. The topological polar surface area (TPSA) is 100 Å². The lowest BCUT2D eigenvalue weighted by atomic mass is 9.98. The first-order chi connectivity index (χ1) is 17.4. The predicted octanol–water partition coefficient (Wildman–Crippen LogP) is 4.36. The van der Waals surface area contributed by atoms with Crippen LogP contribution in [0.15, 0.2) is 57.9 Å². The molecule has 8 nitrogen and oxygen atoms in total. The molecule has 0 aliphatic carbocycles. The van der Waals surface area contributed by atoms with Gasteiger partial charge in [-0.1, -0.05) is 28.1 Å². The first-order valence-corrected chi connectivity index (χ1v) is 14.6. The van der Waals surface area contributed by atoms with Crippen molar-refractivity contribution in [3.63, 3.8) is 0 Å². The van der Waals surface area contributed by atoms with Gasteiger partial charge in [-0.15, -0.1) is 0 Å². The van der Waals surface area contributed by atoms with Crippen molar-refractivity contribution in [1.29, 1.82) is 0 Å². The van der Waals surface area contributed by atoms with Gasteiger partial charge < -0.3 is 14.2 Å². The number of rotatable bonds is 10. The summed E-state index contributed by atoms with van der Waals surface area (Å²) in [6.45, 7) is 1.40. The highest BCUT2D eigenvalue weighted by Gasteiger charge is 2.52. The Bertz CT molecular complexity index is 1110. The van der Waals surface area contributed by atoms with Crippen molar-refractivity contribution in [2.75, 3.05) is 26.4 Å². The molecule has 0 aromatic heterocycles. The van der Waals surface area contributed by atoms with E-state index < -0.39 is 26.8 Å². The van der Waals surface area contributed by atoms with Crippen LogP contribution in [-0.2, 0) is 35.4 Å². The molecule has 36 heavy (non-hydrogen) atoms. The monoisotopic (exact) mass is 581 g/mol. The van der Waals surface area contributed by atoms with Gasteiger partial charge in [0.1, 0.15) is 5.75 Å². The lowest BCUT2D eigenvalue weighted by molar-refractivity contribution is -0.202. The van der Waals surface area contributed by atoms with Gasteiger partial charge >= 0.3 is 0 Å². The van der Waals surface area contributed by atoms with Crippen LogP contribution in [0, 0.1) is 0 Å². The minimum Gasteiger partial charge on any atom is -0.494 e. The molecule has 2 aromatic carbocycles. The molecule has 1 atom stereocenters. The minimum atomic E-state index is -4.03. The Hall–Kier alpha value is -1.98. The molecule has 1 unspecified atom stereocenters. The van der Waals surface area contributed by atoms with Crippen molar-refractivity contribution < 1.29 is 32.3 Å². The highest BCUT2D eigenvalue weighted by molar-refractivity contribution is 9.10. The maximum absolute atomic E-state index is 13.7. The number of halogens is 1. The quantitative estimate of drug-likeness (QED) is 0.328. The van der Waals surface area contributed by atoms with Gasteiger partial charge in [0.25, 0.3) is 5.91 Å². The second-order valence-corrected chi connectivity index (χ2v) is 12.2. The average Bonchev–Trinajstić information content (AvgIpc) is 2.91.